The first kappa shape index (κ1) is 20.9. The van der Waals surface area contributed by atoms with Crippen molar-refractivity contribution in [2.45, 2.75) is 13.1 Å². The number of rotatable bonds is 7. The highest BCUT2D eigenvalue weighted by Crippen LogP contribution is 2.21. The number of nitrogens with one attached hydrogen (secondary N) is 1. The van der Waals surface area contributed by atoms with Gasteiger partial charge in [-0.25, -0.2) is 0 Å². The van der Waals surface area contributed by atoms with Gasteiger partial charge in [0, 0.05) is 50.5 Å². The van der Waals surface area contributed by atoms with Crippen molar-refractivity contribution in [3.8, 4) is 5.75 Å². The van der Waals surface area contributed by atoms with E-state index in [0.717, 1.165) is 44.0 Å². The van der Waals surface area contributed by atoms with Crippen molar-refractivity contribution >= 4 is 11.6 Å². The van der Waals surface area contributed by atoms with Gasteiger partial charge in [-0.2, -0.15) is 0 Å². The fourth-order valence-electron chi connectivity index (χ4n) is 3.86. The highest BCUT2D eigenvalue weighted by molar-refractivity contribution is 5.94. The smallest absolute Gasteiger partial charge is 0.251 e. The van der Waals surface area contributed by atoms with Crippen LogP contribution in [0.5, 0.6) is 5.75 Å². The van der Waals surface area contributed by atoms with Crippen LogP contribution in [0.3, 0.4) is 0 Å². The molecule has 0 atom stereocenters. The Kier molecular flexibility index (Phi) is 6.85. The molecule has 1 aliphatic heterocycles. The van der Waals surface area contributed by atoms with Crippen LogP contribution in [0.15, 0.2) is 78.9 Å². The summed E-state index contributed by atoms with van der Waals surface area (Å²) in [5.41, 5.74) is 4.27. The van der Waals surface area contributed by atoms with E-state index >= 15 is 0 Å². The summed E-state index contributed by atoms with van der Waals surface area (Å²) in [6.07, 6.45) is 0. The second-order valence-electron chi connectivity index (χ2n) is 7.83. The molecule has 3 aromatic rings. The fourth-order valence-corrected chi connectivity index (χ4v) is 3.86. The third-order valence-corrected chi connectivity index (χ3v) is 5.73. The van der Waals surface area contributed by atoms with E-state index in [4.69, 9.17) is 4.74 Å². The lowest BCUT2D eigenvalue weighted by molar-refractivity contribution is 0.0951. The van der Waals surface area contributed by atoms with Gasteiger partial charge in [0.25, 0.3) is 5.91 Å². The number of benzene rings is 3. The highest BCUT2D eigenvalue weighted by atomic mass is 16.5. The molecule has 1 heterocycles. The van der Waals surface area contributed by atoms with E-state index in [1.54, 1.807) is 7.11 Å². The quantitative estimate of drug-likeness (QED) is 0.635. The fraction of sp³-hybridized carbons (Fsp3) is 0.269. The molecule has 1 fully saturated rings. The number of carbonyl (C=O) groups excluding carboxylic acids is 1. The lowest BCUT2D eigenvalue weighted by atomic mass is 10.1. The van der Waals surface area contributed by atoms with Crippen LogP contribution in [0.25, 0.3) is 0 Å². The second kappa shape index (κ2) is 10.1. The van der Waals surface area contributed by atoms with Crippen LogP contribution in [0, 0.1) is 0 Å². The van der Waals surface area contributed by atoms with Crippen molar-refractivity contribution in [1.29, 1.82) is 0 Å². The van der Waals surface area contributed by atoms with Gasteiger partial charge in [0.2, 0.25) is 0 Å². The first-order valence-corrected chi connectivity index (χ1v) is 10.7. The normalized spacial score (nSPS) is 14.3. The summed E-state index contributed by atoms with van der Waals surface area (Å²) in [6, 6.07) is 26.2. The maximum absolute atomic E-state index is 12.4. The van der Waals surface area contributed by atoms with E-state index in [-0.39, 0.29) is 5.91 Å². The van der Waals surface area contributed by atoms with Gasteiger partial charge in [-0.3, -0.25) is 9.69 Å². The number of nitrogens with zero attached hydrogens (tertiary/aromatic N) is 2. The number of methoxy groups -OCH3 is 1. The summed E-state index contributed by atoms with van der Waals surface area (Å²) in [5, 5.41) is 2.98. The molecule has 4 rings (SSSR count). The predicted molar refractivity (Wildman–Crippen MR) is 125 cm³/mol. The minimum atomic E-state index is -0.0384. The maximum atomic E-state index is 12.4. The molecule has 0 bridgehead atoms. The summed E-state index contributed by atoms with van der Waals surface area (Å²) >= 11 is 0. The molecule has 160 valence electrons. The molecule has 5 nitrogen and oxygen atoms in total. The van der Waals surface area contributed by atoms with Gasteiger partial charge in [0.05, 0.1) is 7.11 Å². The molecule has 5 heteroatoms. The summed E-state index contributed by atoms with van der Waals surface area (Å²) < 4.78 is 5.25. The van der Waals surface area contributed by atoms with E-state index in [9.17, 15) is 4.79 Å². The number of carbonyl (C=O) groups is 1. The van der Waals surface area contributed by atoms with Crippen molar-refractivity contribution < 1.29 is 9.53 Å². The van der Waals surface area contributed by atoms with Gasteiger partial charge in [-0.05, 0) is 47.5 Å². The standard InChI is InChI=1S/C26H29N3O2/c1-31-25-13-11-24(12-14-25)29-17-15-28(16-18-29)20-22-7-9-23(10-8-22)26(30)27-19-21-5-3-2-4-6-21/h2-14H,15-20H2,1H3,(H,27,30). The van der Waals surface area contributed by atoms with Crippen LogP contribution in [0.2, 0.25) is 0 Å². The zero-order chi connectivity index (χ0) is 21.5. The maximum Gasteiger partial charge on any atom is 0.251 e. The Balaban J connectivity index is 1.25. The zero-order valence-electron chi connectivity index (χ0n) is 18.0. The van der Waals surface area contributed by atoms with Gasteiger partial charge in [-0.1, -0.05) is 42.5 Å². The number of anilines is 1. The summed E-state index contributed by atoms with van der Waals surface area (Å²) in [5.74, 6) is 0.850. The van der Waals surface area contributed by atoms with Crippen LogP contribution in [-0.4, -0.2) is 44.1 Å². The summed E-state index contributed by atoms with van der Waals surface area (Å²) in [7, 11) is 1.69. The Hall–Kier alpha value is -3.31. The molecule has 0 aromatic heterocycles. The summed E-state index contributed by atoms with van der Waals surface area (Å²) in [4.78, 5) is 17.3. The molecule has 1 aliphatic rings. The molecule has 3 aromatic carbocycles. The van der Waals surface area contributed by atoms with Crippen LogP contribution >= 0.6 is 0 Å². The average molecular weight is 416 g/mol. The third-order valence-electron chi connectivity index (χ3n) is 5.73. The van der Waals surface area contributed by atoms with Crippen LogP contribution in [0.4, 0.5) is 5.69 Å². The minimum Gasteiger partial charge on any atom is -0.497 e. The molecule has 0 saturated carbocycles. The zero-order valence-corrected chi connectivity index (χ0v) is 18.0. The van der Waals surface area contributed by atoms with Gasteiger partial charge in [0.1, 0.15) is 5.75 Å². The van der Waals surface area contributed by atoms with Gasteiger partial charge >= 0.3 is 0 Å². The Morgan fingerprint density at radius 2 is 1.52 bits per heavy atom. The van der Waals surface area contributed by atoms with Crippen LogP contribution < -0.4 is 15.0 Å². The lowest BCUT2D eigenvalue weighted by Crippen LogP contribution is -2.45. The van der Waals surface area contributed by atoms with E-state index in [1.165, 1.54) is 11.3 Å². The van der Waals surface area contributed by atoms with E-state index in [1.807, 2.05) is 54.6 Å². The van der Waals surface area contributed by atoms with E-state index < -0.39 is 0 Å². The molecule has 0 radical (unpaired) electrons. The van der Waals surface area contributed by atoms with Crippen LogP contribution in [0.1, 0.15) is 21.5 Å². The Bertz CT molecular complexity index is 964. The molecule has 0 aliphatic carbocycles. The van der Waals surface area contributed by atoms with Gasteiger partial charge in [0.15, 0.2) is 0 Å². The van der Waals surface area contributed by atoms with Gasteiger partial charge in [-0.15, -0.1) is 0 Å². The Morgan fingerprint density at radius 3 is 2.16 bits per heavy atom. The molecule has 31 heavy (non-hydrogen) atoms. The second-order valence-corrected chi connectivity index (χ2v) is 7.83. The first-order chi connectivity index (χ1) is 15.2. The molecule has 1 N–H and O–H groups in total. The molecule has 0 unspecified atom stereocenters. The number of ether oxygens (including phenoxy) is 1. The Morgan fingerprint density at radius 1 is 0.839 bits per heavy atom. The number of piperazine rings is 1. The average Bonchev–Trinajstić information content (AvgIpc) is 2.84. The van der Waals surface area contributed by atoms with Crippen molar-refractivity contribution in [2.24, 2.45) is 0 Å². The third kappa shape index (κ3) is 5.64. The molecule has 1 saturated heterocycles. The topological polar surface area (TPSA) is 44.8 Å². The van der Waals surface area contributed by atoms with Crippen LogP contribution in [-0.2, 0) is 13.1 Å². The number of amides is 1. The van der Waals surface area contributed by atoms with Crippen molar-refractivity contribution in [3.63, 3.8) is 0 Å². The molecule has 0 spiro atoms. The van der Waals surface area contributed by atoms with Crippen molar-refractivity contribution in [2.75, 3.05) is 38.2 Å². The predicted octanol–water partition coefficient (Wildman–Crippen LogP) is 3.95. The van der Waals surface area contributed by atoms with Crippen molar-refractivity contribution in [1.82, 2.24) is 10.2 Å². The van der Waals surface area contributed by atoms with Crippen molar-refractivity contribution in [3.05, 3.63) is 95.6 Å². The minimum absolute atomic E-state index is 0.0384. The Labute approximate surface area is 184 Å². The molecule has 1 amide bonds. The first-order valence-electron chi connectivity index (χ1n) is 10.7. The monoisotopic (exact) mass is 415 g/mol. The lowest BCUT2D eigenvalue weighted by Gasteiger charge is -2.36. The molecular weight excluding hydrogens is 386 g/mol. The SMILES string of the molecule is COc1ccc(N2CCN(Cc3ccc(C(=O)NCc4ccccc4)cc3)CC2)cc1. The number of hydrogen-bond donors (Lipinski definition) is 1. The number of hydrogen-bond acceptors (Lipinski definition) is 4. The molecular formula is C26H29N3O2. The van der Waals surface area contributed by atoms with Gasteiger partial charge < -0.3 is 15.0 Å². The summed E-state index contributed by atoms with van der Waals surface area (Å²) in [6.45, 7) is 5.50. The van der Waals surface area contributed by atoms with E-state index in [0.29, 0.717) is 12.1 Å². The van der Waals surface area contributed by atoms with E-state index in [2.05, 4.69) is 39.4 Å². The largest absolute Gasteiger partial charge is 0.497 e. The highest BCUT2D eigenvalue weighted by Gasteiger charge is 2.17.